The Kier molecular flexibility index (Phi) is 9.27. The third kappa shape index (κ3) is 7.12. The Hall–Kier alpha value is -2.76. The van der Waals surface area contributed by atoms with E-state index < -0.39 is 5.97 Å². The first-order chi connectivity index (χ1) is 17.1. The van der Waals surface area contributed by atoms with Crippen molar-refractivity contribution in [2.24, 2.45) is 11.8 Å². The van der Waals surface area contributed by atoms with Gasteiger partial charge in [0.05, 0.1) is 19.3 Å². The second-order valence-electron chi connectivity index (χ2n) is 9.77. The minimum Gasteiger partial charge on any atom is -0.481 e. The highest BCUT2D eigenvalue weighted by Gasteiger charge is 2.44. The highest BCUT2D eigenvalue weighted by Crippen LogP contribution is 2.39. The summed E-state index contributed by atoms with van der Waals surface area (Å²) in [5.41, 5.74) is 3.77. The number of rotatable bonds is 11. The highest BCUT2D eigenvalue weighted by molar-refractivity contribution is 5.87. The number of aliphatic carboxylic acids is 1. The Morgan fingerprint density at radius 2 is 1.63 bits per heavy atom. The number of carboxylic acids is 1. The van der Waals surface area contributed by atoms with Crippen molar-refractivity contribution < 1.29 is 19.4 Å². The van der Waals surface area contributed by atoms with Crippen LogP contribution in [0.1, 0.15) is 44.1 Å². The maximum Gasteiger partial charge on any atom is 0.303 e. The molecule has 4 rings (SSSR count). The fourth-order valence-electron chi connectivity index (χ4n) is 5.64. The van der Waals surface area contributed by atoms with Crippen molar-refractivity contribution in [1.82, 2.24) is 4.90 Å². The van der Waals surface area contributed by atoms with Gasteiger partial charge >= 0.3 is 5.97 Å². The van der Waals surface area contributed by atoms with Crippen LogP contribution in [0.25, 0.3) is 11.1 Å². The molecule has 0 amide bonds. The summed E-state index contributed by atoms with van der Waals surface area (Å²) < 4.78 is 5.54. The zero-order valence-electron chi connectivity index (χ0n) is 20.5. The van der Waals surface area contributed by atoms with E-state index >= 15 is 0 Å². The van der Waals surface area contributed by atoms with E-state index in [1.807, 2.05) is 12.1 Å². The lowest BCUT2D eigenvalue weighted by molar-refractivity contribution is -0.136. The normalized spacial score (nSPS) is 23.2. The molecule has 5 heteroatoms. The second-order valence-corrected chi connectivity index (χ2v) is 9.77. The van der Waals surface area contributed by atoms with E-state index in [4.69, 9.17) is 9.84 Å². The monoisotopic (exact) mass is 475 g/mol. The van der Waals surface area contributed by atoms with E-state index in [0.29, 0.717) is 43.7 Å². The molecule has 1 N–H and O–H groups in total. The average molecular weight is 476 g/mol. The van der Waals surface area contributed by atoms with Gasteiger partial charge in [0.25, 0.3) is 0 Å². The number of hydrogen-bond donors (Lipinski definition) is 1. The van der Waals surface area contributed by atoms with Gasteiger partial charge in [-0.25, -0.2) is 0 Å². The molecule has 2 fully saturated rings. The Morgan fingerprint density at radius 3 is 2.34 bits per heavy atom. The molecule has 1 heterocycles. The minimum atomic E-state index is -0.764. The van der Waals surface area contributed by atoms with Gasteiger partial charge in [0, 0.05) is 25.9 Å². The van der Waals surface area contributed by atoms with Gasteiger partial charge in [0.2, 0.25) is 0 Å². The Morgan fingerprint density at radius 1 is 0.943 bits per heavy atom. The summed E-state index contributed by atoms with van der Waals surface area (Å²) in [6, 6.07) is 19.2. The molecule has 1 saturated carbocycles. The smallest absolute Gasteiger partial charge is 0.303 e. The maximum absolute atomic E-state index is 13.2. The van der Waals surface area contributed by atoms with Gasteiger partial charge in [-0.3, -0.25) is 14.5 Å². The van der Waals surface area contributed by atoms with Crippen molar-refractivity contribution in [2.45, 2.75) is 51.0 Å². The summed E-state index contributed by atoms with van der Waals surface area (Å²) >= 11 is 0. The molecule has 1 aliphatic carbocycles. The summed E-state index contributed by atoms with van der Waals surface area (Å²) in [5.74, 6) is 0.348. The van der Waals surface area contributed by atoms with Crippen LogP contribution in [0.5, 0.6) is 0 Å². The van der Waals surface area contributed by atoms with Crippen molar-refractivity contribution in [3.63, 3.8) is 0 Å². The zero-order valence-corrected chi connectivity index (χ0v) is 20.5. The SMILES string of the molecule is O=C(O)CC/C=C\CC[C@H]1[C@H](CCc2ccc(-c3ccccc3)cc2)CC(=O)[C@@H]1N1CCOCC1. The van der Waals surface area contributed by atoms with E-state index in [1.54, 1.807) is 0 Å². The number of carbonyl (C=O) groups excluding carboxylic acids is 1. The number of Topliss-reactive ketones (excluding diaryl/α,β-unsaturated/α-hetero) is 1. The first-order valence-corrected chi connectivity index (χ1v) is 13.0. The third-order valence-electron chi connectivity index (χ3n) is 7.47. The number of benzene rings is 2. The number of allylic oxidation sites excluding steroid dienone is 2. The molecule has 2 aromatic carbocycles. The van der Waals surface area contributed by atoms with Gasteiger partial charge in [-0.1, -0.05) is 66.7 Å². The van der Waals surface area contributed by atoms with Crippen LogP contribution in [0.2, 0.25) is 0 Å². The molecule has 1 aliphatic heterocycles. The van der Waals surface area contributed by atoms with E-state index in [-0.39, 0.29) is 12.5 Å². The fourth-order valence-corrected chi connectivity index (χ4v) is 5.64. The molecule has 0 spiro atoms. The van der Waals surface area contributed by atoms with Crippen LogP contribution in [0.15, 0.2) is 66.7 Å². The van der Waals surface area contributed by atoms with E-state index in [1.165, 1.54) is 16.7 Å². The quantitative estimate of drug-likeness (QED) is 0.441. The Bertz CT molecular complexity index is 979. The van der Waals surface area contributed by atoms with Crippen LogP contribution in [0.4, 0.5) is 0 Å². The van der Waals surface area contributed by atoms with Gasteiger partial charge < -0.3 is 9.84 Å². The number of aryl methyl sites for hydroxylation is 1. The standard InChI is InChI=1S/C30H37NO4/c32-28-22-26(17-14-23-12-15-25(16-13-23)24-8-4-3-5-9-24)27(10-6-1-2-7-11-29(33)34)30(28)31-18-20-35-21-19-31/h1-5,8-9,12-13,15-16,26-27,30H,6-7,10-11,14,17-22H2,(H,33,34)/b2-1-/t26-,27+,30-/m1/s1. The molecular weight excluding hydrogens is 438 g/mol. The molecule has 5 nitrogen and oxygen atoms in total. The molecule has 186 valence electrons. The lowest BCUT2D eigenvalue weighted by Gasteiger charge is -2.36. The zero-order chi connectivity index (χ0) is 24.5. The third-order valence-corrected chi connectivity index (χ3v) is 7.47. The van der Waals surface area contributed by atoms with Crippen LogP contribution in [0.3, 0.4) is 0 Å². The number of carboxylic acid groups (broad SMARTS) is 1. The van der Waals surface area contributed by atoms with E-state index in [2.05, 4.69) is 59.5 Å². The molecule has 0 unspecified atom stereocenters. The number of hydrogen-bond acceptors (Lipinski definition) is 4. The van der Waals surface area contributed by atoms with Crippen molar-refractivity contribution in [3.8, 4) is 11.1 Å². The minimum absolute atomic E-state index is 0.00298. The van der Waals surface area contributed by atoms with E-state index in [9.17, 15) is 9.59 Å². The second kappa shape index (κ2) is 12.8. The first-order valence-electron chi connectivity index (χ1n) is 13.0. The maximum atomic E-state index is 13.2. The van der Waals surface area contributed by atoms with Gasteiger partial charge in [-0.15, -0.1) is 0 Å². The topological polar surface area (TPSA) is 66.8 Å². The Labute approximate surface area is 208 Å². The number of nitrogens with zero attached hydrogens (tertiary/aromatic N) is 1. The van der Waals surface area contributed by atoms with Crippen LogP contribution in [-0.4, -0.2) is 54.1 Å². The van der Waals surface area contributed by atoms with Gasteiger partial charge in [-0.05, 0) is 60.6 Å². The highest BCUT2D eigenvalue weighted by atomic mass is 16.5. The molecule has 3 atom stereocenters. The number of ether oxygens (including phenoxy) is 1. The number of carbonyl (C=O) groups is 2. The van der Waals surface area contributed by atoms with Crippen molar-refractivity contribution in [2.75, 3.05) is 26.3 Å². The molecule has 2 aliphatic rings. The van der Waals surface area contributed by atoms with Gasteiger partial charge in [0.1, 0.15) is 0 Å². The summed E-state index contributed by atoms with van der Waals surface area (Å²) in [7, 11) is 0. The lowest BCUT2D eigenvalue weighted by atomic mass is 9.84. The molecular formula is C30H37NO4. The fraction of sp³-hybridized carbons (Fsp3) is 0.467. The lowest BCUT2D eigenvalue weighted by Crippen LogP contribution is -2.48. The van der Waals surface area contributed by atoms with Gasteiger partial charge in [-0.2, -0.15) is 0 Å². The van der Waals surface area contributed by atoms with E-state index in [0.717, 1.165) is 38.8 Å². The summed E-state index contributed by atoms with van der Waals surface area (Å²) in [4.78, 5) is 26.2. The molecule has 0 aromatic heterocycles. The predicted molar refractivity (Wildman–Crippen MR) is 138 cm³/mol. The summed E-state index contributed by atoms with van der Waals surface area (Å²) in [6.07, 6.45) is 9.32. The number of morpholine rings is 1. The molecule has 0 radical (unpaired) electrons. The van der Waals surface area contributed by atoms with Crippen molar-refractivity contribution >= 4 is 11.8 Å². The molecule has 0 bridgehead atoms. The predicted octanol–water partition coefficient (Wildman–Crippen LogP) is 5.39. The van der Waals surface area contributed by atoms with Crippen LogP contribution in [0, 0.1) is 11.8 Å². The molecule has 2 aromatic rings. The van der Waals surface area contributed by atoms with Crippen molar-refractivity contribution in [1.29, 1.82) is 0 Å². The summed E-state index contributed by atoms with van der Waals surface area (Å²) in [5, 5.41) is 8.82. The largest absolute Gasteiger partial charge is 0.481 e. The van der Waals surface area contributed by atoms with Crippen LogP contribution >= 0.6 is 0 Å². The number of ketones is 1. The van der Waals surface area contributed by atoms with Crippen LogP contribution < -0.4 is 0 Å². The molecule has 1 saturated heterocycles. The summed E-state index contributed by atoms with van der Waals surface area (Å²) in [6.45, 7) is 3.05. The van der Waals surface area contributed by atoms with Gasteiger partial charge in [0.15, 0.2) is 5.78 Å². The Balaban J connectivity index is 1.38. The first kappa shape index (κ1) is 25.3. The average Bonchev–Trinajstić information content (AvgIpc) is 3.20. The molecule has 35 heavy (non-hydrogen) atoms. The van der Waals surface area contributed by atoms with Crippen LogP contribution in [-0.2, 0) is 20.7 Å². The van der Waals surface area contributed by atoms with Crippen molar-refractivity contribution in [3.05, 3.63) is 72.3 Å².